The van der Waals surface area contributed by atoms with Gasteiger partial charge in [-0.1, -0.05) is 12.1 Å². The number of hydrogen-bond donors (Lipinski definition) is 1. The molecule has 0 aliphatic carbocycles. The van der Waals surface area contributed by atoms with E-state index in [4.69, 9.17) is 9.72 Å². The number of aryl methyl sites for hydroxylation is 1. The SMILES string of the molecule is COc1cccc(-c2cc(C)nc(C3CCCN3)n2)c1. The van der Waals surface area contributed by atoms with Crippen LogP contribution in [0.4, 0.5) is 0 Å². The summed E-state index contributed by atoms with van der Waals surface area (Å²) in [7, 11) is 1.68. The van der Waals surface area contributed by atoms with Gasteiger partial charge in [-0.15, -0.1) is 0 Å². The van der Waals surface area contributed by atoms with E-state index < -0.39 is 0 Å². The third kappa shape index (κ3) is 2.65. The van der Waals surface area contributed by atoms with E-state index in [1.54, 1.807) is 7.11 Å². The summed E-state index contributed by atoms with van der Waals surface area (Å²) in [6.45, 7) is 3.07. The summed E-state index contributed by atoms with van der Waals surface area (Å²) >= 11 is 0. The Bertz CT molecular complexity index is 606. The summed E-state index contributed by atoms with van der Waals surface area (Å²) in [5, 5.41) is 3.45. The van der Waals surface area contributed by atoms with Crippen molar-refractivity contribution in [3.63, 3.8) is 0 Å². The molecule has 1 N–H and O–H groups in total. The van der Waals surface area contributed by atoms with Crippen LogP contribution in [0.3, 0.4) is 0 Å². The lowest BCUT2D eigenvalue weighted by Crippen LogP contribution is -2.16. The third-order valence-corrected chi connectivity index (χ3v) is 3.61. The second-order valence-electron chi connectivity index (χ2n) is 5.13. The highest BCUT2D eigenvalue weighted by atomic mass is 16.5. The van der Waals surface area contributed by atoms with Crippen molar-refractivity contribution in [2.45, 2.75) is 25.8 Å². The molecule has 0 radical (unpaired) electrons. The molecule has 4 heteroatoms. The Hall–Kier alpha value is -1.94. The largest absolute Gasteiger partial charge is 0.497 e. The molecule has 1 aromatic heterocycles. The van der Waals surface area contributed by atoms with Crippen LogP contribution in [-0.4, -0.2) is 23.6 Å². The molecule has 104 valence electrons. The molecule has 2 heterocycles. The minimum absolute atomic E-state index is 0.291. The van der Waals surface area contributed by atoms with Gasteiger partial charge in [0, 0.05) is 11.3 Å². The standard InChI is InChI=1S/C16H19N3O/c1-11-9-15(12-5-3-6-13(10-12)20-2)19-16(18-11)14-7-4-8-17-14/h3,5-6,9-10,14,17H,4,7-8H2,1-2H3. The third-order valence-electron chi connectivity index (χ3n) is 3.61. The zero-order valence-electron chi connectivity index (χ0n) is 11.9. The van der Waals surface area contributed by atoms with Crippen LogP contribution < -0.4 is 10.1 Å². The highest BCUT2D eigenvalue weighted by Crippen LogP contribution is 2.26. The van der Waals surface area contributed by atoms with Crippen molar-refractivity contribution in [1.82, 2.24) is 15.3 Å². The highest BCUT2D eigenvalue weighted by molar-refractivity contribution is 5.61. The molecule has 1 atom stereocenters. The minimum Gasteiger partial charge on any atom is -0.497 e. The first-order valence-electron chi connectivity index (χ1n) is 6.99. The first-order valence-corrected chi connectivity index (χ1v) is 6.99. The van der Waals surface area contributed by atoms with Gasteiger partial charge in [0.15, 0.2) is 0 Å². The van der Waals surface area contributed by atoms with Crippen molar-refractivity contribution in [3.05, 3.63) is 41.9 Å². The van der Waals surface area contributed by atoms with E-state index in [9.17, 15) is 0 Å². The second kappa shape index (κ2) is 5.59. The van der Waals surface area contributed by atoms with E-state index in [1.165, 1.54) is 6.42 Å². The number of aromatic nitrogens is 2. The van der Waals surface area contributed by atoms with E-state index in [2.05, 4.69) is 16.4 Å². The predicted molar refractivity (Wildman–Crippen MR) is 78.7 cm³/mol. The first kappa shape index (κ1) is 13.1. The van der Waals surface area contributed by atoms with Crippen LogP contribution >= 0.6 is 0 Å². The maximum absolute atomic E-state index is 5.28. The van der Waals surface area contributed by atoms with Crippen molar-refractivity contribution in [1.29, 1.82) is 0 Å². The monoisotopic (exact) mass is 269 g/mol. The zero-order valence-corrected chi connectivity index (χ0v) is 11.9. The number of rotatable bonds is 3. The van der Waals surface area contributed by atoms with Crippen molar-refractivity contribution < 1.29 is 4.74 Å². The number of methoxy groups -OCH3 is 1. The van der Waals surface area contributed by atoms with Crippen LogP contribution in [0.1, 0.15) is 30.4 Å². The fourth-order valence-electron chi connectivity index (χ4n) is 2.58. The van der Waals surface area contributed by atoms with Gasteiger partial charge in [0.1, 0.15) is 11.6 Å². The molecule has 0 spiro atoms. The van der Waals surface area contributed by atoms with Crippen LogP contribution in [0.15, 0.2) is 30.3 Å². The van der Waals surface area contributed by atoms with Crippen molar-refractivity contribution in [2.24, 2.45) is 0 Å². The fourth-order valence-corrected chi connectivity index (χ4v) is 2.58. The van der Waals surface area contributed by atoms with E-state index in [1.807, 2.05) is 31.2 Å². The molecule has 3 rings (SSSR count). The number of nitrogens with zero attached hydrogens (tertiary/aromatic N) is 2. The lowest BCUT2D eigenvalue weighted by atomic mass is 10.1. The minimum atomic E-state index is 0.291. The Kier molecular flexibility index (Phi) is 3.65. The summed E-state index contributed by atoms with van der Waals surface area (Å²) in [6, 6.07) is 10.3. The lowest BCUT2D eigenvalue weighted by Gasteiger charge is -2.12. The Morgan fingerprint density at radius 1 is 1.25 bits per heavy atom. The molecule has 4 nitrogen and oxygen atoms in total. The van der Waals surface area contributed by atoms with E-state index in [0.29, 0.717) is 6.04 Å². The quantitative estimate of drug-likeness (QED) is 0.930. The van der Waals surface area contributed by atoms with Gasteiger partial charge in [-0.25, -0.2) is 9.97 Å². The second-order valence-corrected chi connectivity index (χ2v) is 5.13. The topological polar surface area (TPSA) is 47.0 Å². The van der Waals surface area contributed by atoms with Crippen LogP contribution in [0.2, 0.25) is 0 Å². The van der Waals surface area contributed by atoms with Crippen LogP contribution in [-0.2, 0) is 0 Å². The Balaban J connectivity index is 1.99. The molecule has 1 saturated heterocycles. The Morgan fingerprint density at radius 2 is 2.15 bits per heavy atom. The summed E-state index contributed by atoms with van der Waals surface area (Å²) in [5.41, 5.74) is 3.02. The molecule has 0 amide bonds. The maximum atomic E-state index is 5.28. The average Bonchev–Trinajstić information content (AvgIpc) is 3.01. The smallest absolute Gasteiger partial charge is 0.146 e. The van der Waals surface area contributed by atoms with Gasteiger partial charge in [0.25, 0.3) is 0 Å². The summed E-state index contributed by atoms with van der Waals surface area (Å²) < 4.78 is 5.28. The molecule has 1 fully saturated rings. The average molecular weight is 269 g/mol. The molecule has 2 aromatic rings. The van der Waals surface area contributed by atoms with Crippen molar-refractivity contribution >= 4 is 0 Å². The van der Waals surface area contributed by atoms with Gasteiger partial charge in [-0.05, 0) is 44.5 Å². The van der Waals surface area contributed by atoms with Gasteiger partial charge in [0.05, 0.1) is 18.8 Å². The predicted octanol–water partition coefficient (Wildman–Crippen LogP) is 2.89. The van der Waals surface area contributed by atoms with E-state index in [-0.39, 0.29) is 0 Å². The first-order chi connectivity index (χ1) is 9.76. The van der Waals surface area contributed by atoms with Gasteiger partial charge >= 0.3 is 0 Å². The van der Waals surface area contributed by atoms with E-state index in [0.717, 1.165) is 41.5 Å². The normalized spacial score (nSPS) is 18.2. The maximum Gasteiger partial charge on any atom is 0.146 e. The molecule has 1 aliphatic heterocycles. The van der Waals surface area contributed by atoms with Gasteiger partial charge in [-0.2, -0.15) is 0 Å². The van der Waals surface area contributed by atoms with Gasteiger partial charge < -0.3 is 10.1 Å². The van der Waals surface area contributed by atoms with E-state index >= 15 is 0 Å². The molecule has 0 saturated carbocycles. The molecule has 0 bridgehead atoms. The zero-order chi connectivity index (χ0) is 13.9. The molecular weight excluding hydrogens is 250 g/mol. The molecule has 20 heavy (non-hydrogen) atoms. The van der Waals surface area contributed by atoms with Crippen molar-refractivity contribution in [2.75, 3.05) is 13.7 Å². The van der Waals surface area contributed by atoms with Crippen molar-refractivity contribution in [3.8, 4) is 17.0 Å². The summed E-state index contributed by atoms with van der Waals surface area (Å²) in [5.74, 6) is 1.75. The fraction of sp³-hybridized carbons (Fsp3) is 0.375. The van der Waals surface area contributed by atoms with Crippen LogP contribution in [0.25, 0.3) is 11.3 Å². The summed E-state index contributed by atoms with van der Waals surface area (Å²) in [4.78, 5) is 9.31. The number of nitrogens with one attached hydrogen (secondary N) is 1. The van der Waals surface area contributed by atoms with Gasteiger partial charge in [-0.3, -0.25) is 0 Å². The lowest BCUT2D eigenvalue weighted by molar-refractivity contribution is 0.415. The number of hydrogen-bond acceptors (Lipinski definition) is 4. The number of benzene rings is 1. The molecule has 1 aliphatic rings. The molecular formula is C16H19N3O. The molecule has 1 aromatic carbocycles. The summed E-state index contributed by atoms with van der Waals surface area (Å²) in [6.07, 6.45) is 2.30. The van der Waals surface area contributed by atoms with Crippen LogP contribution in [0.5, 0.6) is 5.75 Å². The van der Waals surface area contributed by atoms with Crippen LogP contribution in [0, 0.1) is 6.92 Å². The number of ether oxygens (including phenoxy) is 1. The Labute approximate surface area is 119 Å². The van der Waals surface area contributed by atoms with Gasteiger partial charge in [0.2, 0.25) is 0 Å². The molecule has 1 unspecified atom stereocenters. The highest BCUT2D eigenvalue weighted by Gasteiger charge is 2.19. The Morgan fingerprint density at radius 3 is 2.90 bits per heavy atom.